The van der Waals surface area contributed by atoms with Crippen molar-refractivity contribution in [3.8, 4) is 5.75 Å². The standard InChI is InChI=1S/C24H27BrN2O4/c1-4-31-19-11-6-9-17(15-19)22(28)20-21(16-8-5-10-18(25)14-16)27(24(30)23(20)29)13-7-12-26(2)3/h5-6,8-11,14-15,21,28H,4,7,12-13H2,1-3H3/b22-20+. The van der Waals surface area contributed by atoms with E-state index in [0.29, 0.717) is 30.9 Å². The third-order valence-electron chi connectivity index (χ3n) is 5.13. The highest BCUT2D eigenvalue weighted by molar-refractivity contribution is 9.10. The molecule has 7 heteroatoms. The molecule has 1 aliphatic rings. The summed E-state index contributed by atoms with van der Waals surface area (Å²) in [6, 6.07) is 13.7. The van der Waals surface area contributed by atoms with Gasteiger partial charge in [0.15, 0.2) is 0 Å². The predicted molar refractivity (Wildman–Crippen MR) is 124 cm³/mol. The fourth-order valence-electron chi connectivity index (χ4n) is 3.75. The zero-order valence-electron chi connectivity index (χ0n) is 18.0. The van der Waals surface area contributed by atoms with E-state index in [-0.39, 0.29) is 11.3 Å². The molecule has 1 heterocycles. The number of ketones is 1. The Kier molecular flexibility index (Phi) is 7.51. The molecule has 0 spiro atoms. The van der Waals surface area contributed by atoms with Gasteiger partial charge in [-0.15, -0.1) is 0 Å². The minimum Gasteiger partial charge on any atom is -0.507 e. The van der Waals surface area contributed by atoms with E-state index in [1.54, 1.807) is 29.2 Å². The van der Waals surface area contributed by atoms with E-state index in [1.807, 2.05) is 50.2 Å². The summed E-state index contributed by atoms with van der Waals surface area (Å²) < 4.78 is 6.36. The number of aliphatic hydroxyl groups excluding tert-OH is 1. The van der Waals surface area contributed by atoms with Gasteiger partial charge in [0, 0.05) is 16.6 Å². The maximum Gasteiger partial charge on any atom is 0.295 e. The molecule has 6 nitrogen and oxygen atoms in total. The molecule has 164 valence electrons. The average molecular weight is 487 g/mol. The van der Waals surface area contributed by atoms with E-state index in [9.17, 15) is 14.7 Å². The highest BCUT2D eigenvalue weighted by Gasteiger charge is 2.45. The fourth-order valence-corrected chi connectivity index (χ4v) is 4.16. The summed E-state index contributed by atoms with van der Waals surface area (Å²) >= 11 is 3.47. The van der Waals surface area contributed by atoms with Gasteiger partial charge in [-0.05, 0) is 63.8 Å². The Labute approximate surface area is 191 Å². The first-order chi connectivity index (χ1) is 14.8. The Balaban J connectivity index is 2.09. The smallest absolute Gasteiger partial charge is 0.295 e. The van der Waals surface area contributed by atoms with Gasteiger partial charge >= 0.3 is 0 Å². The molecule has 2 aromatic carbocycles. The molecule has 0 aromatic heterocycles. The molecule has 1 aliphatic heterocycles. The fraction of sp³-hybridized carbons (Fsp3) is 0.333. The van der Waals surface area contributed by atoms with E-state index >= 15 is 0 Å². The van der Waals surface area contributed by atoms with Gasteiger partial charge in [-0.3, -0.25) is 9.59 Å². The van der Waals surface area contributed by atoms with Gasteiger partial charge in [-0.2, -0.15) is 0 Å². The summed E-state index contributed by atoms with van der Waals surface area (Å²) in [6.45, 7) is 3.55. The predicted octanol–water partition coefficient (Wildman–Crippen LogP) is 4.22. The first-order valence-electron chi connectivity index (χ1n) is 10.2. The Morgan fingerprint density at radius 1 is 1.16 bits per heavy atom. The van der Waals surface area contributed by atoms with Crippen LogP contribution in [0.3, 0.4) is 0 Å². The summed E-state index contributed by atoms with van der Waals surface area (Å²) in [4.78, 5) is 29.6. The maximum absolute atomic E-state index is 13.0. The van der Waals surface area contributed by atoms with Crippen LogP contribution in [0.4, 0.5) is 0 Å². The van der Waals surface area contributed by atoms with Crippen LogP contribution in [0.2, 0.25) is 0 Å². The summed E-state index contributed by atoms with van der Waals surface area (Å²) in [5.74, 6) is -0.869. The number of likely N-dealkylation sites (tertiary alicyclic amines) is 1. The van der Waals surface area contributed by atoms with Gasteiger partial charge in [-0.1, -0.05) is 40.2 Å². The van der Waals surface area contributed by atoms with Crippen LogP contribution in [-0.4, -0.2) is 60.4 Å². The van der Waals surface area contributed by atoms with E-state index in [1.165, 1.54) is 0 Å². The first kappa shape index (κ1) is 23.0. The molecular weight excluding hydrogens is 460 g/mol. The second kappa shape index (κ2) is 10.1. The third kappa shape index (κ3) is 5.17. The number of benzene rings is 2. The molecular formula is C24H27BrN2O4. The lowest BCUT2D eigenvalue weighted by molar-refractivity contribution is -0.139. The van der Waals surface area contributed by atoms with Crippen molar-refractivity contribution < 1.29 is 19.4 Å². The van der Waals surface area contributed by atoms with E-state index in [2.05, 4.69) is 15.9 Å². The number of Topliss-reactive ketones (excluding diaryl/α,β-unsaturated/α-hetero) is 1. The lowest BCUT2D eigenvalue weighted by Gasteiger charge is -2.26. The number of hydrogen-bond donors (Lipinski definition) is 1. The van der Waals surface area contributed by atoms with Crippen molar-refractivity contribution in [2.45, 2.75) is 19.4 Å². The highest BCUT2D eigenvalue weighted by Crippen LogP contribution is 2.40. The number of halogens is 1. The van der Waals surface area contributed by atoms with Crippen molar-refractivity contribution in [1.29, 1.82) is 0 Å². The summed E-state index contributed by atoms with van der Waals surface area (Å²) in [7, 11) is 3.93. The number of hydrogen-bond acceptors (Lipinski definition) is 5. The Morgan fingerprint density at radius 2 is 1.90 bits per heavy atom. The molecule has 1 saturated heterocycles. The molecule has 3 rings (SSSR count). The van der Waals surface area contributed by atoms with Crippen LogP contribution in [0, 0.1) is 0 Å². The van der Waals surface area contributed by atoms with Crippen molar-refractivity contribution in [2.75, 3.05) is 33.8 Å². The lowest BCUT2D eigenvalue weighted by atomic mass is 9.95. The molecule has 2 aromatic rings. The van der Waals surface area contributed by atoms with Crippen molar-refractivity contribution in [3.05, 3.63) is 69.7 Å². The van der Waals surface area contributed by atoms with Gasteiger partial charge < -0.3 is 19.6 Å². The van der Waals surface area contributed by atoms with Crippen LogP contribution in [-0.2, 0) is 9.59 Å². The molecule has 0 bridgehead atoms. The molecule has 1 atom stereocenters. The average Bonchev–Trinajstić information content (AvgIpc) is 2.98. The lowest BCUT2D eigenvalue weighted by Crippen LogP contribution is -2.32. The van der Waals surface area contributed by atoms with Gasteiger partial charge in [0.1, 0.15) is 11.5 Å². The SMILES string of the molecule is CCOc1cccc(/C(O)=C2\C(=O)C(=O)N(CCCN(C)C)C2c2cccc(Br)c2)c1. The molecule has 0 aliphatic carbocycles. The number of carbonyl (C=O) groups is 2. The Morgan fingerprint density at radius 3 is 2.58 bits per heavy atom. The van der Waals surface area contributed by atoms with Gasteiger partial charge in [0.25, 0.3) is 11.7 Å². The molecule has 0 saturated carbocycles. The molecule has 1 N–H and O–H groups in total. The van der Waals surface area contributed by atoms with Crippen LogP contribution in [0.15, 0.2) is 58.6 Å². The third-order valence-corrected chi connectivity index (χ3v) is 5.62. The largest absolute Gasteiger partial charge is 0.507 e. The molecule has 1 unspecified atom stereocenters. The van der Waals surface area contributed by atoms with Crippen LogP contribution < -0.4 is 4.74 Å². The van der Waals surface area contributed by atoms with Gasteiger partial charge in [-0.25, -0.2) is 0 Å². The highest BCUT2D eigenvalue weighted by atomic mass is 79.9. The topological polar surface area (TPSA) is 70.1 Å². The van der Waals surface area contributed by atoms with Gasteiger partial charge in [0.05, 0.1) is 18.2 Å². The van der Waals surface area contributed by atoms with E-state index in [0.717, 1.165) is 16.6 Å². The number of carbonyl (C=O) groups excluding carboxylic acids is 2. The van der Waals surface area contributed by atoms with Crippen molar-refractivity contribution in [1.82, 2.24) is 9.80 Å². The van der Waals surface area contributed by atoms with Crippen molar-refractivity contribution in [2.24, 2.45) is 0 Å². The number of aliphatic hydroxyl groups is 1. The Hall–Kier alpha value is -2.64. The number of nitrogens with zero attached hydrogens (tertiary/aromatic N) is 2. The van der Waals surface area contributed by atoms with Crippen molar-refractivity contribution in [3.63, 3.8) is 0 Å². The first-order valence-corrected chi connectivity index (χ1v) is 11.0. The molecule has 1 amide bonds. The minimum absolute atomic E-state index is 0.0987. The second-order valence-electron chi connectivity index (χ2n) is 7.67. The number of ether oxygens (including phenoxy) is 1. The second-order valence-corrected chi connectivity index (χ2v) is 8.58. The summed E-state index contributed by atoms with van der Waals surface area (Å²) in [5.41, 5.74) is 1.31. The van der Waals surface area contributed by atoms with E-state index in [4.69, 9.17) is 4.74 Å². The minimum atomic E-state index is -0.672. The molecule has 1 fully saturated rings. The zero-order valence-corrected chi connectivity index (χ0v) is 19.6. The van der Waals surface area contributed by atoms with Gasteiger partial charge in [0.2, 0.25) is 0 Å². The van der Waals surface area contributed by atoms with E-state index < -0.39 is 17.7 Å². The molecule has 0 radical (unpaired) electrons. The molecule has 31 heavy (non-hydrogen) atoms. The van der Waals surface area contributed by atoms with Crippen LogP contribution in [0.5, 0.6) is 5.75 Å². The summed E-state index contributed by atoms with van der Waals surface area (Å²) in [6.07, 6.45) is 0.713. The maximum atomic E-state index is 13.0. The number of amides is 1. The monoisotopic (exact) mass is 486 g/mol. The summed E-state index contributed by atoms with van der Waals surface area (Å²) in [5, 5.41) is 11.1. The number of rotatable bonds is 8. The van der Waals surface area contributed by atoms with Crippen LogP contribution >= 0.6 is 15.9 Å². The van der Waals surface area contributed by atoms with Crippen molar-refractivity contribution >= 4 is 33.4 Å². The van der Waals surface area contributed by atoms with Crippen LogP contribution in [0.1, 0.15) is 30.5 Å². The normalized spacial score (nSPS) is 18.1. The quantitative estimate of drug-likeness (QED) is 0.343. The van der Waals surface area contributed by atoms with Crippen LogP contribution in [0.25, 0.3) is 5.76 Å². The Bertz CT molecular complexity index is 1000. The zero-order chi connectivity index (χ0) is 22.5.